The van der Waals surface area contributed by atoms with E-state index >= 15 is 0 Å². The van der Waals surface area contributed by atoms with Crippen LogP contribution in [0.2, 0.25) is 0 Å². The molecule has 0 unspecified atom stereocenters. The lowest BCUT2D eigenvalue weighted by atomic mass is 10.1. The summed E-state index contributed by atoms with van der Waals surface area (Å²) in [6.45, 7) is 6.46. The van der Waals surface area contributed by atoms with E-state index in [9.17, 15) is 14.4 Å². The van der Waals surface area contributed by atoms with Gasteiger partial charge in [0.15, 0.2) is 6.10 Å². The summed E-state index contributed by atoms with van der Waals surface area (Å²) in [5, 5.41) is 0. The van der Waals surface area contributed by atoms with E-state index in [-0.39, 0.29) is 44.0 Å². The first kappa shape index (κ1) is 63.1. The molecule has 0 aromatic carbocycles. The fourth-order valence-corrected chi connectivity index (χ4v) is 7.08. The van der Waals surface area contributed by atoms with Gasteiger partial charge in [0.25, 0.3) is 0 Å². The Kier molecular flexibility index (Phi) is 51.5. The predicted octanol–water partition coefficient (Wildman–Crippen LogP) is 18.3. The number of hydrogen-bond donors (Lipinski definition) is 0. The van der Waals surface area contributed by atoms with Gasteiger partial charge in [-0.05, 0) is 116 Å². The largest absolute Gasteiger partial charge is 0.462 e. The summed E-state index contributed by atoms with van der Waals surface area (Å²) in [6, 6.07) is 0. The van der Waals surface area contributed by atoms with Crippen molar-refractivity contribution in [2.24, 2.45) is 0 Å². The van der Waals surface area contributed by atoms with Crippen LogP contribution in [0.3, 0.4) is 0 Å². The number of unbranched alkanes of at least 4 members (excludes halogenated alkanes) is 19. The highest BCUT2D eigenvalue weighted by Crippen LogP contribution is 2.12. The number of ether oxygens (including phenoxy) is 3. The van der Waals surface area contributed by atoms with Crippen LogP contribution in [0.1, 0.15) is 239 Å². The molecule has 0 spiro atoms. The number of allylic oxidation sites excluding steroid dienone is 18. The molecule has 0 N–H and O–H groups in total. The van der Waals surface area contributed by atoms with Crippen molar-refractivity contribution in [3.05, 3.63) is 109 Å². The molecular formula is C61H100O6. The summed E-state index contributed by atoms with van der Waals surface area (Å²) in [4.78, 5) is 38.0. The molecule has 0 aromatic heterocycles. The van der Waals surface area contributed by atoms with Crippen molar-refractivity contribution in [2.45, 2.75) is 245 Å². The number of carbonyl (C=O) groups excluding carboxylic acids is 3. The first-order valence-corrected chi connectivity index (χ1v) is 27.4. The zero-order chi connectivity index (χ0) is 48.6. The van der Waals surface area contributed by atoms with Crippen LogP contribution in [0.25, 0.3) is 0 Å². The summed E-state index contributed by atoms with van der Waals surface area (Å²) < 4.78 is 16.7. The smallest absolute Gasteiger partial charge is 0.306 e. The monoisotopic (exact) mass is 929 g/mol. The van der Waals surface area contributed by atoms with E-state index in [4.69, 9.17) is 14.2 Å². The second-order valence-electron chi connectivity index (χ2n) is 17.8. The number of carbonyl (C=O) groups is 3. The minimum atomic E-state index is -0.839. The molecule has 0 radical (unpaired) electrons. The molecule has 0 fully saturated rings. The van der Waals surface area contributed by atoms with Gasteiger partial charge in [-0.3, -0.25) is 14.4 Å². The molecule has 6 heteroatoms. The molecular weight excluding hydrogens is 829 g/mol. The molecule has 0 heterocycles. The fraction of sp³-hybridized carbons (Fsp3) is 0.656. The van der Waals surface area contributed by atoms with E-state index in [2.05, 4.69) is 118 Å². The molecule has 1 atom stereocenters. The highest BCUT2D eigenvalue weighted by molar-refractivity contribution is 5.71. The third-order valence-electron chi connectivity index (χ3n) is 11.2. The fourth-order valence-electron chi connectivity index (χ4n) is 7.08. The van der Waals surface area contributed by atoms with Crippen LogP contribution in [-0.4, -0.2) is 37.2 Å². The molecule has 380 valence electrons. The van der Waals surface area contributed by atoms with Crippen molar-refractivity contribution in [3.8, 4) is 0 Å². The SMILES string of the molecule is CCCCC/C=C\C/C=C\C/C=C\C/C=C\C/C=C\CCC(=O)OC[C@H](COC(=O)CCCCCCC/C=C\CCCCCC)OC(=O)CCC/C=C\C/C=C\C/C=C\CCCCCCCC. The van der Waals surface area contributed by atoms with Crippen molar-refractivity contribution < 1.29 is 28.6 Å². The van der Waals surface area contributed by atoms with Gasteiger partial charge in [0.05, 0.1) is 0 Å². The molecule has 0 amide bonds. The maximum atomic E-state index is 12.8. The van der Waals surface area contributed by atoms with Crippen LogP contribution in [0.15, 0.2) is 109 Å². The third-order valence-corrected chi connectivity index (χ3v) is 11.2. The predicted molar refractivity (Wildman–Crippen MR) is 288 cm³/mol. The van der Waals surface area contributed by atoms with E-state index in [1.54, 1.807) is 0 Å². The molecule has 0 saturated heterocycles. The van der Waals surface area contributed by atoms with Gasteiger partial charge in [-0.2, -0.15) is 0 Å². The lowest BCUT2D eigenvalue weighted by Crippen LogP contribution is -2.30. The van der Waals surface area contributed by atoms with Gasteiger partial charge in [-0.25, -0.2) is 0 Å². The molecule has 0 aliphatic carbocycles. The molecule has 6 nitrogen and oxygen atoms in total. The van der Waals surface area contributed by atoms with Crippen LogP contribution in [0.5, 0.6) is 0 Å². The minimum Gasteiger partial charge on any atom is -0.462 e. The van der Waals surface area contributed by atoms with Crippen molar-refractivity contribution in [2.75, 3.05) is 13.2 Å². The molecule has 0 rings (SSSR count). The van der Waals surface area contributed by atoms with Crippen molar-refractivity contribution >= 4 is 17.9 Å². The van der Waals surface area contributed by atoms with Crippen molar-refractivity contribution in [1.82, 2.24) is 0 Å². The Morgan fingerprint density at radius 3 is 1.03 bits per heavy atom. The molecule has 0 aromatic rings. The average Bonchev–Trinajstić information content (AvgIpc) is 3.33. The van der Waals surface area contributed by atoms with Gasteiger partial charge in [0.2, 0.25) is 0 Å². The zero-order valence-electron chi connectivity index (χ0n) is 43.4. The Morgan fingerprint density at radius 1 is 0.299 bits per heavy atom. The Hall–Kier alpha value is -3.93. The number of rotatable bonds is 48. The van der Waals surface area contributed by atoms with Crippen LogP contribution < -0.4 is 0 Å². The molecule has 0 aliphatic heterocycles. The third kappa shape index (κ3) is 52.9. The van der Waals surface area contributed by atoms with Gasteiger partial charge in [-0.1, -0.05) is 214 Å². The maximum absolute atomic E-state index is 12.8. The quantitative estimate of drug-likeness (QED) is 0.0262. The number of esters is 3. The van der Waals surface area contributed by atoms with E-state index in [1.165, 1.54) is 109 Å². The topological polar surface area (TPSA) is 78.9 Å². The van der Waals surface area contributed by atoms with E-state index in [0.29, 0.717) is 19.3 Å². The molecule has 0 saturated carbocycles. The van der Waals surface area contributed by atoms with Crippen LogP contribution >= 0.6 is 0 Å². The summed E-state index contributed by atoms with van der Waals surface area (Å²) in [5.74, 6) is -1.08. The second kappa shape index (κ2) is 54.7. The molecule has 0 bridgehead atoms. The minimum absolute atomic E-state index is 0.127. The summed E-state index contributed by atoms with van der Waals surface area (Å²) in [5.41, 5.74) is 0. The Balaban J connectivity index is 4.59. The van der Waals surface area contributed by atoms with Gasteiger partial charge >= 0.3 is 17.9 Å². The van der Waals surface area contributed by atoms with E-state index in [1.807, 2.05) is 12.2 Å². The highest BCUT2D eigenvalue weighted by atomic mass is 16.6. The lowest BCUT2D eigenvalue weighted by Gasteiger charge is -2.18. The second-order valence-corrected chi connectivity index (χ2v) is 17.8. The lowest BCUT2D eigenvalue weighted by molar-refractivity contribution is -0.166. The average molecular weight is 929 g/mol. The first-order chi connectivity index (χ1) is 33.0. The van der Waals surface area contributed by atoms with Crippen LogP contribution in [0, 0.1) is 0 Å². The van der Waals surface area contributed by atoms with E-state index < -0.39 is 6.10 Å². The Morgan fingerprint density at radius 2 is 0.582 bits per heavy atom. The highest BCUT2D eigenvalue weighted by Gasteiger charge is 2.19. The van der Waals surface area contributed by atoms with Gasteiger partial charge < -0.3 is 14.2 Å². The molecule has 0 aliphatic rings. The Bertz CT molecular complexity index is 1390. The van der Waals surface area contributed by atoms with Crippen molar-refractivity contribution in [3.63, 3.8) is 0 Å². The van der Waals surface area contributed by atoms with Crippen molar-refractivity contribution in [1.29, 1.82) is 0 Å². The van der Waals surface area contributed by atoms with Gasteiger partial charge in [-0.15, -0.1) is 0 Å². The summed E-state index contributed by atoms with van der Waals surface area (Å²) in [7, 11) is 0. The summed E-state index contributed by atoms with van der Waals surface area (Å²) in [6.07, 6.45) is 73.8. The van der Waals surface area contributed by atoms with Crippen LogP contribution in [-0.2, 0) is 28.6 Å². The van der Waals surface area contributed by atoms with E-state index in [0.717, 1.165) is 77.0 Å². The van der Waals surface area contributed by atoms with Gasteiger partial charge in [0.1, 0.15) is 13.2 Å². The van der Waals surface area contributed by atoms with Gasteiger partial charge in [0, 0.05) is 19.3 Å². The zero-order valence-corrected chi connectivity index (χ0v) is 43.4. The molecule has 67 heavy (non-hydrogen) atoms. The first-order valence-electron chi connectivity index (χ1n) is 27.4. The maximum Gasteiger partial charge on any atom is 0.306 e. The Labute approximate surface area is 412 Å². The normalized spacial score (nSPS) is 12.9. The van der Waals surface area contributed by atoms with Crippen LogP contribution in [0.4, 0.5) is 0 Å². The standard InChI is InChI=1S/C61H100O6/c1-4-7-10-13-16-19-22-25-27-29-30-32-33-36-39-42-45-48-51-54-60(63)66-57-58(56-65-59(62)53-50-47-44-41-38-35-24-21-18-15-12-9-6-3)67-61(64)55-52-49-46-43-40-37-34-31-28-26-23-20-17-14-11-8-5-2/h16,19,21,24-28,30,32,34,36-37,39,43,45-46,48,58H,4-15,17-18,20,22-23,29,31,33,35,38,40-42,44,47,49-57H2,1-3H3/b19-16-,24-21-,27-25-,28-26-,32-30-,37-34-,39-36-,46-43-,48-45-/t58-/m0/s1. The summed E-state index contributed by atoms with van der Waals surface area (Å²) >= 11 is 0. The number of hydrogen-bond acceptors (Lipinski definition) is 6.